The number of rotatable bonds is 5. The lowest BCUT2D eigenvalue weighted by atomic mass is 10.3. The van der Waals surface area contributed by atoms with E-state index >= 15 is 0 Å². The molecule has 0 fully saturated rings. The van der Waals surface area contributed by atoms with E-state index in [1.165, 1.54) is 41.2 Å². The zero-order valence-electron chi connectivity index (χ0n) is 12.7. The van der Waals surface area contributed by atoms with Crippen molar-refractivity contribution >= 4 is 23.2 Å². The van der Waals surface area contributed by atoms with Crippen molar-refractivity contribution in [2.75, 3.05) is 5.32 Å². The van der Waals surface area contributed by atoms with Gasteiger partial charge in [-0.2, -0.15) is 5.10 Å². The SMILES string of the molecule is O=C(Nc1ccc(Cl)cc1F)c1ccn(COc2ccccc2F)n1. The van der Waals surface area contributed by atoms with Crippen molar-refractivity contribution < 1.29 is 18.3 Å². The maximum atomic E-state index is 13.7. The maximum absolute atomic E-state index is 13.7. The first-order valence-electron chi connectivity index (χ1n) is 7.20. The van der Waals surface area contributed by atoms with Gasteiger partial charge in [0.15, 0.2) is 24.0 Å². The van der Waals surface area contributed by atoms with Crippen LogP contribution in [0.15, 0.2) is 54.7 Å². The summed E-state index contributed by atoms with van der Waals surface area (Å²) in [5, 5.41) is 6.63. The molecule has 0 spiro atoms. The molecule has 0 aliphatic heterocycles. The molecule has 0 saturated heterocycles. The van der Waals surface area contributed by atoms with Gasteiger partial charge in [-0.05, 0) is 36.4 Å². The van der Waals surface area contributed by atoms with Crippen LogP contribution in [0.1, 0.15) is 10.5 Å². The molecule has 8 heteroatoms. The molecule has 3 rings (SSSR count). The van der Waals surface area contributed by atoms with Crippen LogP contribution in [0, 0.1) is 11.6 Å². The fraction of sp³-hybridized carbons (Fsp3) is 0.0588. The average molecular weight is 364 g/mol. The molecule has 5 nitrogen and oxygen atoms in total. The summed E-state index contributed by atoms with van der Waals surface area (Å²) in [6.07, 6.45) is 1.49. The van der Waals surface area contributed by atoms with E-state index < -0.39 is 17.5 Å². The molecule has 1 heterocycles. The number of hydrogen-bond donors (Lipinski definition) is 1. The molecule has 0 unspecified atom stereocenters. The highest BCUT2D eigenvalue weighted by atomic mass is 35.5. The summed E-state index contributed by atoms with van der Waals surface area (Å²) in [7, 11) is 0. The van der Waals surface area contributed by atoms with Crippen LogP contribution in [0.5, 0.6) is 5.75 Å². The molecule has 0 aliphatic rings. The van der Waals surface area contributed by atoms with Crippen LogP contribution in [-0.4, -0.2) is 15.7 Å². The van der Waals surface area contributed by atoms with Crippen molar-refractivity contribution in [1.82, 2.24) is 9.78 Å². The Bertz CT molecular complexity index is 914. The third-order valence-electron chi connectivity index (χ3n) is 3.24. The first-order chi connectivity index (χ1) is 12.0. The minimum Gasteiger partial charge on any atom is -0.468 e. The van der Waals surface area contributed by atoms with Gasteiger partial charge in [-0.3, -0.25) is 4.79 Å². The third-order valence-corrected chi connectivity index (χ3v) is 3.48. The largest absolute Gasteiger partial charge is 0.468 e. The van der Waals surface area contributed by atoms with Crippen molar-refractivity contribution in [3.8, 4) is 5.75 Å². The van der Waals surface area contributed by atoms with E-state index in [2.05, 4.69) is 10.4 Å². The van der Waals surface area contributed by atoms with E-state index in [0.717, 1.165) is 6.07 Å². The number of anilines is 1. The lowest BCUT2D eigenvalue weighted by molar-refractivity contribution is 0.101. The molecule has 0 saturated carbocycles. The van der Waals surface area contributed by atoms with Gasteiger partial charge in [0.2, 0.25) is 0 Å². The normalized spacial score (nSPS) is 10.5. The van der Waals surface area contributed by atoms with Gasteiger partial charge in [-0.25, -0.2) is 13.5 Å². The lowest BCUT2D eigenvalue weighted by Crippen LogP contribution is -2.15. The van der Waals surface area contributed by atoms with E-state index in [4.69, 9.17) is 16.3 Å². The van der Waals surface area contributed by atoms with Gasteiger partial charge in [-0.1, -0.05) is 23.7 Å². The van der Waals surface area contributed by atoms with Crippen LogP contribution in [0.25, 0.3) is 0 Å². The van der Waals surface area contributed by atoms with Crippen molar-refractivity contribution in [1.29, 1.82) is 0 Å². The van der Waals surface area contributed by atoms with Crippen LogP contribution in [0.2, 0.25) is 5.02 Å². The van der Waals surface area contributed by atoms with Gasteiger partial charge in [0.05, 0.1) is 5.69 Å². The number of carbonyl (C=O) groups is 1. The number of aromatic nitrogens is 2. The van der Waals surface area contributed by atoms with Gasteiger partial charge in [-0.15, -0.1) is 0 Å². The van der Waals surface area contributed by atoms with E-state index in [0.29, 0.717) is 0 Å². The highest BCUT2D eigenvalue weighted by Crippen LogP contribution is 2.19. The van der Waals surface area contributed by atoms with Gasteiger partial charge in [0, 0.05) is 11.2 Å². The Kier molecular flexibility index (Phi) is 4.95. The summed E-state index contributed by atoms with van der Waals surface area (Å²) in [5.41, 5.74) is 0.0537. The Labute approximate surface area is 146 Å². The van der Waals surface area contributed by atoms with Gasteiger partial charge in [0.1, 0.15) is 5.82 Å². The van der Waals surface area contributed by atoms with Crippen LogP contribution < -0.4 is 10.1 Å². The average Bonchev–Trinajstić information content (AvgIpc) is 3.06. The summed E-state index contributed by atoms with van der Waals surface area (Å²) in [6.45, 7) is -0.0798. The summed E-state index contributed by atoms with van der Waals surface area (Å²) in [6, 6.07) is 11.3. The zero-order chi connectivity index (χ0) is 17.8. The summed E-state index contributed by atoms with van der Waals surface area (Å²) in [5.74, 6) is -1.66. The summed E-state index contributed by atoms with van der Waals surface area (Å²) < 4.78 is 33.8. The quantitative estimate of drug-likeness (QED) is 0.742. The van der Waals surface area contributed by atoms with Crippen molar-refractivity contribution in [3.05, 3.63) is 77.1 Å². The standard InChI is InChI=1S/C17H12ClF2N3O2/c18-11-5-6-14(13(20)9-11)21-17(24)15-7-8-23(22-15)10-25-16-4-2-1-3-12(16)19/h1-9H,10H2,(H,21,24). The number of nitrogens with zero attached hydrogens (tertiary/aromatic N) is 2. The molecular formula is C17H12ClF2N3O2. The second-order valence-corrected chi connectivity index (χ2v) is 5.46. The molecular weight excluding hydrogens is 352 g/mol. The first-order valence-corrected chi connectivity index (χ1v) is 7.58. The lowest BCUT2D eigenvalue weighted by Gasteiger charge is -2.07. The molecule has 0 aliphatic carbocycles. The molecule has 0 bridgehead atoms. The number of hydrogen-bond acceptors (Lipinski definition) is 3. The Hall–Kier alpha value is -2.93. The van der Waals surface area contributed by atoms with E-state index in [1.54, 1.807) is 12.1 Å². The maximum Gasteiger partial charge on any atom is 0.276 e. The Morgan fingerprint density at radius 1 is 1.16 bits per heavy atom. The smallest absolute Gasteiger partial charge is 0.276 e. The number of carbonyl (C=O) groups excluding carboxylic acids is 1. The number of para-hydroxylation sites is 1. The molecule has 3 aromatic rings. The van der Waals surface area contributed by atoms with Crippen LogP contribution >= 0.6 is 11.6 Å². The van der Waals surface area contributed by atoms with Crippen molar-refractivity contribution in [3.63, 3.8) is 0 Å². The monoisotopic (exact) mass is 363 g/mol. The molecule has 1 N–H and O–H groups in total. The summed E-state index contributed by atoms with van der Waals surface area (Å²) >= 11 is 5.66. The molecule has 1 aromatic heterocycles. The topological polar surface area (TPSA) is 56.2 Å². The van der Waals surface area contributed by atoms with E-state index in [9.17, 15) is 13.6 Å². The highest BCUT2D eigenvalue weighted by Gasteiger charge is 2.13. The van der Waals surface area contributed by atoms with Crippen LogP contribution in [-0.2, 0) is 6.73 Å². The van der Waals surface area contributed by atoms with Crippen molar-refractivity contribution in [2.24, 2.45) is 0 Å². The fourth-order valence-electron chi connectivity index (χ4n) is 2.03. The third kappa shape index (κ3) is 4.13. The molecule has 1 amide bonds. The second-order valence-electron chi connectivity index (χ2n) is 5.02. The van der Waals surface area contributed by atoms with Crippen LogP contribution in [0.3, 0.4) is 0 Å². The molecule has 0 atom stereocenters. The molecule has 2 aromatic carbocycles. The summed E-state index contributed by atoms with van der Waals surface area (Å²) in [4.78, 5) is 12.1. The Balaban J connectivity index is 1.64. The van der Waals surface area contributed by atoms with Gasteiger partial charge in [0.25, 0.3) is 5.91 Å². The first kappa shape index (κ1) is 16.9. The van der Waals surface area contributed by atoms with Crippen LogP contribution in [0.4, 0.5) is 14.5 Å². The van der Waals surface area contributed by atoms with Gasteiger partial charge < -0.3 is 10.1 Å². The Morgan fingerprint density at radius 3 is 2.72 bits per heavy atom. The number of amides is 1. The minimum atomic E-state index is -0.650. The minimum absolute atomic E-state index is 0.00782. The number of nitrogens with one attached hydrogen (secondary N) is 1. The number of halogens is 3. The number of benzene rings is 2. The molecule has 25 heavy (non-hydrogen) atoms. The molecule has 0 radical (unpaired) electrons. The Morgan fingerprint density at radius 2 is 1.96 bits per heavy atom. The molecule has 128 valence electrons. The zero-order valence-corrected chi connectivity index (χ0v) is 13.5. The second kappa shape index (κ2) is 7.31. The van der Waals surface area contributed by atoms with Crippen molar-refractivity contribution in [2.45, 2.75) is 6.73 Å². The fourth-order valence-corrected chi connectivity index (χ4v) is 2.19. The predicted molar refractivity (Wildman–Crippen MR) is 88.6 cm³/mol. The number of ether oxygens (including phenoxy) is 1. The predicted octanol–water partition coefficient (Wildman–Crippen LogP) is 4.10. The van der Waals surface area contributed by atoms with Gasteiger partial charge >= 0.3 is 0 Å². The van der Waals surface area contributed by atoms with E-state index in [1.807, 2.05) is 0 Å². The van der Waals surface area contributed by atoms with E-state index in [-0.39, 0.29) is 28.9 Å². The highest BCUT2D eigenvalue weighted by molar-refractivity contribution is 6.30.